The highest BCUT2D eigenvalue weighted by Crippen LogP contribution is 2.20. The molecule has 1 amide bonds. The fourth-order valence-electron chi connectivity index (χ4n) is 2.54. The molecule has 1 aromatic heterocycles. The molecule has 1 heterocycles. The van der Waals surface area contributed by atoms with Gasteiger partial charge in [-0.15, -0.1) is 0 Å². The van der Waals surface area contributed by atoms with Gasteiger partial charge in [0.05, 0.1) is 5.56 Å². The molecule has 0 fully saturated rings. The third kappa shape index (κ3) is 4.11. The Bertz CT molecular complexity index is 881. The Hall–Kier alpha value is -3.08. The smallest absolute Gasteiger partial charge is 0.278 e. The van der Waals surface area contributed by atoms with Crippen molar-refractivity contribution in [1.29, 1.82) is 0 Å². The van der Waals surface area contributed by atoms with Gasteiger partial charge >= 0.3 is 0 Å². The number of nitrogens with zero attached hydrogens (tertiary/aromatic N) is 1. The minimum Gasteiger partial charge on any atom is -0.489 e. The van der Waals surface area contributed by atoms with Gasteiger partial charge in [0.15, 0.2) is 5.69 Å². The van der Waals surface area contributed by atoms with E-state index in [1.165, 1.54) is 5.56 Å². The summed E-state index contributed by atoms with van der Waals surface area (Å²) in [6.07, 6.45) is 0.956. The van der Waals surface area contributed by atoms with Crippen LogP contribution in [0.4, 0.5) is 5.69 Å². The lowest BCUT2D eigenvalue weighted by Gasteiger charge is -2.08. The van der Waals surface area contributed by atoms with Crippen LogP contribution in [0.25, 0.3) is 0 Å². The van der Waals surface area contributed by atoms with E-state index in [9.17, 15) is 4.79 Å². The van der Waals surface area contributed by atoms with Gasteiger partial charge in [-0.05, 0) is 50.1 Å². The third-order valence-electron chi connectivity index (χ3n) is 4.22. The maximum Gasteiger partial charge on any atom is 0.278 e. The number of nitrogens with one attached hydrogen (secondary N) is 1. The van der Waals surface area contributed by atoms with Gasteiger partial charge in [0, 0.05) is 5.69 Å². The predicted octanol–water partition coefficient (Wildman–Crippen LogP) is 4.69. The van der Waals surface area contributed by atoms with E-state index in [1.807, 2.05) is 55.5 Å². The Balaban J connectivity index is 1.71. The van der Waals surface area contributed by atoms with E-state index < -0.39 is 0 Å². The van der Waals surface area contributed by atoms with E-state index >= 15 is 0 Å². The molecule has 1 N–H and O–H groups in total. The summed E-state index contributed by atoms with van der Waals surface area (Å²) in [4.78, 5) is 12.6. The lowest BCUT2D eigenvalue weighted by molar-refractivity contribution is 0.101. The molecule has 3 rings (SSSR count). The number of aromatic nitrogens is 1. The Kier molecular flexibility index (Phi) is 5.37. The summed E-state index contributed by atoms with van der Waals surface area (Å²) in [6.45, 7) is 6.10. The van der Waals surface area contributed by atoms with Crippen LogP contribution in [-0.4, -0.2) is 11.1 Å². The molecule has 2 aromatic carbocycles. The average Bonchev–Trinajstić information content (AvgIpc) is 3.02. The van der Waals surface area contributed by atoms with Crippen LogP contribution < -0.4 is 10.1 Å². The maximum absolute atomic E-state index is 12.6. The number of carbonyl (C=O) groups excluding carboxylic acids is 1. The molecule has 0 bridgehead atoms. The molecular weight excluding hydrogens is 328 g/mol. The second-order valence-electron chi connectivity index (χ2n) is 6.17. The first-order valence-electron chi connectivity index (χ1n) is 8.61. The van der Waals surface area contributed by atoms with Crippen molar-refractivity contribution in [2.75, 3.05) is 5.32 Å². The van der Waals surface area contributed by atoms with Crippen LogP contribution >= 0.6 is 0 Å². The zero-order valence-electron chi connectivity index (χ0n) is 15.2. The number of aryl methyl sites for hydroxylation is 3. The lowest BCUT2D eigenvalue weighted by atomic mass is 10.1. The van der Waals surface area contributed by atoms with E-state index in [1.54, 1.807) is 6.92 Å². The number of benzene rings is 2. The minimum atomic E-state index is -0.311. The van der Waals surface area contributed by atoms with Crippen molar-refractivity contribution in [3.05, 3.63) is 76.7 Å². The molecule has 0 saturated carbocycles. The van der Waals surface area contributed by atoms with Crippen molar-refractivity contribution in [2.45, 2.75) is 33.8 Å². The fourth-order valence-corrected chi connectivity index (χ4v) is 2.54. The van der Waals surface area contributed by atoms with Gasteiger partial charge in [-0.1, -0.05) is 41.9 Å². The van der Waals surface area contributed by atoms with Gasteiger partial charge in [0.25, 0.3) is 5.91 Å². The fraction of sp³-hybridized carbons (Fsp3) is 0.238. The predicted molar refractivity (Wildman–Crippen MR) is 101 cm³/mol. The molecule has 26 heavy (non-hydrogen) atoms. The van der Waals surface area contributed by atoms with Crippen molar-refractivity contribution in [3.8, 4) is 5.75 Å². The zero-order valence-corrected chi connectivity index (χ0v) is 15.2. The van der Waals surface area contributed by atoms with Crippen LogP contribution in [0.1, 0.15) is 39.9 Å². The molecule has 0 spiro atoms. The van der Waals surface area contributed by atoms with Gasteiger partial charge in [0.1, 0.15) is 18.1 Å². The lowest BCUT2D eigenvalue weighted by Crippen LogP contribution is -2.15. The van der Waals surface area contributed by atoms with Crippen LogP contribution in [0.3, 0.4) is 0 Å². The quantitative estimate of drug-likeness (QED) is 0.701. The number of hydrogen-bond acceptors (Lipinski definition) is 4. The molecule has 0 aliphatic heterocycles. The van der Waals surface area contributed by atoms with Crippen LogP contribution in [0, 0.1) is 13.8 Å². The summed E-state index contributed by atoms with van der Waals surface area (Å²) in [6, 6.07) is 15.5. The molecule has 3 aromatic rings. The number of ether oxygens (including phenoxy) is 1. The molecule has 5 nitrogen and oxygen atoms in total. The Labute approximate surface area is 153 Å². The molecule has 0 aliphatic rings. The Morgan fingerprint density at radius 1 is 1.08 bits per heavy atom. The summed E-state index contributed by atoms with van der Waals surface area (Å²) in [5.41, 5.74) is 3.99. The summed E-state index contributed by atoms with van der Waals surface area (Å²) in [5, 5.41) is 6.76. The number of rotatable bonds is 6. The van der Waals surface area contributed by atoms with Gasteiger partial charge in [-0.3, -0.25) is 4.79 Å². The normalized spacial score (nSPS) is 10.6. The maximum atomic E-state index is 12.6. The molecule has 0 unspecified atom stereocenters. The molecule has 5 heteroatoms. The largest absolute Gasteiger partial charge is 0.489 e. The van der Waals surface area contributed by atoms with Gasteiger partial charge in [-0.2, -0.15) is 0 Å². The van der Waals surface area contributed by atoms with Gasteiger partial charge < -0.3 is 14.6 Å². The summed E-state index contributed by atoms with van der Waals surface area (Å²) in [7, 11) is 0. The van der Waals surface area contributed by atoms with Gasteiger partial charge in [-0.25, -0.2) is 0 Å². The summed E-state index contributed by atoms with van der Waals surface area (Å²) in [5.74, 6) is 0.995. The van der Waals surface area contributed by atoms with Crippen molar-refractivity contribution in [2.24, 2.45) is 0 Å². The highest BCUT2D eigenvalue weighted by molar-refractivity contribution is 6.03. The van der Waals surface area contributed by atoms with E-state index in [2.05, 4.69) is 17.4 Å². The van der Waals surface area contributed by atoms with Crippen LogP contribution in [0.2, 0.25) is 0 Å². The first-order valence-corrected chi connectivity index (χ1v) is 8.61. The number of amides is 1. The topological polar surface area (TPSA) is 64.4 Å². The number of anilines is 1. The first-order chi connectivity index (χ1) is 12.6. The number of hydrogen-bond donors (Lipinski definition) is 1. The molecule has 0 radical (unpaired) electrons. The van der Waals surface area contributed by atoms with E-state index in [4.69, 9.17) is 9.26 Å². The highest BCUT2D eigenvalue weighted by Gasteiger charge is 2.20. The molecular formula is C21H22N2O3. The van der Waals surface area contributed by atoms with E-state index in [0.717, 1.165) is 23.4 Å². The highest BCUT2D eigenvalue weighted by atomic mass is 16.5. The number of carbonyl (C=O) groups is 1. The Morgan fingerprint density at radius 3 is 2.42 bits per heavy atom. The van der Waals surface area contributed by atoms with Crippen molar-refractivity contribution < 1.29 is 14.1 Å². The van der Waals surface area contributed by atoms with E-state index in [0.29, 0.717) is 11.3 Å². The minimum absolute atomic E-state index is 0.218. The van der Waals surface area contributed by atoms with Crippen LogP contribution in [0.5, 0.6) is 5.75 Å². The Morgan fingerprint density at radius 2 is 1.77 bits per heavy atom. The summed E-state index contributed by atoms with van der Waals surface area (Å²) >= 11 is 0. The SMILES string of the molecule is CCc1ccc(NC(=O)c2noc(C)c2COc2ccc(C)cc2)cc1. The molecule has 0 atom stereocenters. The standard InChI is InChI=1S/C21H22N2O3/c1-4-16-7-9-17(10-8-16)22-21(24)20-19(15(3)26-23-20)13-25-18-11-5-14(2)6-12-18/h5-12H,4,13H2,1-3H3,(H,22,24). The molecule has 134 valence electrons. The van der Waals surface area contributed by atoms with Crippen molar-refractivity contribution >= 4 is 11.6 Å². The van der Waals surface area contributed by atoms with Crippen LogP contribution in [-0.2, 0) is 13.0 Å². The first kappa shape index (κ1) is 17.7. The molecule has 0 saturated heterocycles. The monoisotopic (exact) mass is 350 g/mol. The second-order valence-corrected chi connectivity index (χ2v) is 6.17. The molecule has 0 aliphatic carbocycles. The average molecular weight is 350 g/mol. The zero-order chi connectivity index (χ0) is 18.5. The summed E-state index contributed by atoms with van der Waals surface area (Å²) < 4.78 is 11.0. The third-order valence-corrected chi connectivity index (χ3v) is 4.22. The second kappa shape index (κ2) is 7.87. The van der Waals surface area contributed by atoms with E-state index in [-0.39, 0.29) is 18.2 Å². The van der Waals surface area contributed by atoms with Crippen LogP contribution in [0.15, 0.2) is 53.1 Å². The van der Waals surface area contributed by atoms with Gasteiger partial charge in [0.2, 0.25) is 0 Å². The van der Waals surface area contributed by atoms with Crippen molar-refractivity contribution in [1.82, 2.24) is 5.16 Å². The van der Waals surface area contributed by atoms with Crippen molar-refractivity contribution in [3.63, 3.8) is 0 Å².